The zero-order valence-corrected chi connectivity index (χ0v) is 17.9. The van der Waals surface area contributed by atoms with Crippen LogP contribution >= 0.6 is 11.3 Å². The molecule has 6 nitrogen and oxygen atoms in total. The number of nitrogens with one attached hydrogen (secondary N) is 2. The lowest BCUT2D eigenvalue weighted by Gasteiger charge is -2.32. The number of aryl methyl sites for hydroxylation is 1. The van der Waals surface area contributed by atoms with Gasteiger partial charge in [0.25, 0.3) is 0 Å². The van der Waals surface area contributed by atoms with E-state index in [9.17, 15) is 0 Å². The molecule has 0 amide bonds. The van der Waals surface area contributed by atoms with Gasteiger partial charge in [0, 0.05) is 43.4 Å². The number of rotatable bonds is 6. The Morgan fingerprint density at radius 1 is 1.31 bits per heavy atom. The summed E-state index contributed by atoms with van der Waals surface area (Å²) in [5, 5.41) is 8.91. The summed E-state index contributed by atoms with van der Waals surface area (Å²) in [6, 6.07) is 8.72. The number of aliphatic imine (C=N–C) groups is 1. The lowest BCUT2D eigenvalue weighted by molar-refractivity contribution is -0.0265. The Morgan fingerprint density at radius 3 is 2.97 bits per heavy atom. The Hall–Kier alpha value is -2.38. The molecule has 1 fully saturated rings. The lowest BCUT2D eigenvalue weighted by Crippen LogP contribution is -2.42. The second kappa shape index (κ2) is 9.41. The van der Waals surface area contributed by atoms with Crippen molar-refractivity contribution in [2.45, 2.75) is 39.3 Å². The Kier molecular flexibility index (Phi) is 6.46. The van der Waals surface area contributed by atoms with Gasteiger partial charge in [-0.05, 0) is 32.3 Å². The third kappa shape index (κ3) is 4.97. The van der Waals surface area contributed by atoms with Crippen LogP contribution in [0.4, 0.5) is 0 Å². The molecule has 1 aliphatic heterocycles. The van der Waals surface area contributed by atoms with E-state index in [2.05, 4.69) is 53.7 Å². The van der Waals surface area contributed by atoms with Crippen LogP contribution < -0.4 is 10.6 Å². The maximum absolute atomic E-state index is 6.15. The van der Waals surface area contributed by atoms with E-state index in [1.54, 1.807) is 11.3 Å². The number of fused-ring (bicyclic) bond motifs is 1. The van der Waals surface area contributed by atoms with Crippen molar-refractivity contribution in [3.63, 3.8) is 0 Å². The van der Waals surface area contributed by atoms with Crippen LogP contribution in [0.5, 0.6) is 0 Å². The van der Waals surface area contributed by atoms with Crippen molar-refractivity contribution in [2.24, 2.45) is 10.9 Å². The van der Waals surface area contributed by atoms with E-state index in [-0.39, 0.29) is 6.10 Å². The summed E-state index contributed by atoms with van der Waals surface area (Å²) in [7, 11) is 0. The summed E-state index contributed by atoms with van der Waals surface area (Å²) in [4.78, 5) is 10.4. The molecule has 0 bridgehead atoms. The maximum atomic E-state index is 6.15. The van der Waals surface area contributed by atoms with Gasteiger partial charge in [-0.25, -0.2) is 9.98 Å². The molecule has 7 heteroatoms. The highest BCUT2D eigenvalue weighted by molar-refractivity contribution is 7.15. The number of guanidine groups is 1. The van der Waals surface area contributed by atoms with Gasteiger partial charge in [-0.2, -0.15) is 0 Å². The molecule has 2 unspecified atom stereocenters. The number of thiazole rings is 1. The third-order valence-electron chi connectivity index (χ3n) is 5.27. The molecule has 0 spiro atoms. The first-order valence-corrected chi connectivity index (χ1v) is 11.2. The highest BCUT2D eigenvalue weighted by atomic mass is 32.1. The Bertz CT molecular complexity index is 917. The van der Waals surface area contributed by atoms with E-state index < -0.39 is 0 Å². The van der Waals surface area contributed by atoms with Gasteiger partial charge in [-0.15, -0.1) is 11.3 Å². The molecule has 4 rings (SSSR count). The number of ether oxygens (including phenoxy) is 1. The van der Waals surface area contributed by atoms with Crippen LogP contribution in [0.3, 0.4) is 0 Å². The van der Waals surface area contributed by atoms with Gasteiger partial charge >= 0.3 is 0 Å². The molecule has 0 radical (unpaired) electrons. The van der Waals surface area contributed by atoms with E-state index in [1.165, 1.54) is 11.1 Å². The number of hydrogen-bond donors (Lipinski definition) is 2. The molecule has 0 aliphatic carbocycles. The van der Waals surface area contributed by atoms with Crippen molar-refractivity contribution >= 4 is 22.3 Å². The van der Waals surface area contributed by atoms with Crippen molar-refractivity contribution in [1.82, 2.24) is 20.0 Å². The van der Waals surface area contributed by atoms with Crippen molar-refractivity contribution in [1.29, 1.82) is 0 Å². The highest BCUT2D eigenvalue weighted by Crippen LogP contribution is 2.33. The minimum atomic E-state index is 0.139. The maximum Gasteiger partial charge on any atom is 0.193 e. The molecule has 1 saturated heterocycles. The minimum Gasteiger partial charge on any atom is -0.373 e. The minimum absolute atomic E-state index is 0.139. The second-order valence-electron chi connectivity index (χ2n) is 7.51. The lowest BCUT2D eigenvalue weighted by atomic mass is 9.89. The summed E-state index contributed by atoms with van der Waals surface area (Å²) >= 11 is 1.64. The largest absolute Gasteiger partial charge is 0.373 e. The summed E-state index contributed by atoms with van der Waals surface area (Å²) < 4.78 is 8.19. The monoisotopic (exact) mass is 411 g/mol. The molecule has 1 aliphatic rings. The van der Waals surface area contributed by atoms with Gasteiger partial charge in [-0.1, -0.05) is 29.8 Å². The van der Waals surface area contributed by atoms with Crippen LogP contribution in [0.2, 0.25) is 0 Å². The Labute approximate surface area is 176 Å². The fraction of sp³-hybridized carbons (Fsp3) is 0.455. The number of hydrogen-bond acceptors (Lipinski definition) is 4. The van der Waals surface area contributed by atoms with Crippen LogP contribution in [0, 0.1) is 12.8 Å². The van der Waals surface area contributed by atoms with Crippen LogP contribution in [0.15, 0.2) is 47.0 Å². The molecular weight excluding hydrogens is 382 g/mol. The summed E-state index contributed by atoms with van der Waals surface area (Å²) in [5.74, 6) is 1.25. The molecular formula is C22H29N5OS. The topological polar surface area (TPSA) is 63.0 Å². The van der Waals surface area contributed by atoms with Crippen LogP contribution in [0.25, 0.3) is 4.96 Å². The van der Waals surface area contributed by atoms with E-state index >= 15 is 0 Å². The van der Waals surface area contributed by atoms with Gasteiger partial charge in [0.15, 0.2) is 10.9 Å². The van der Waals surface area contributed by atoms with Gasteiger partial charge in [0.05, 0.1) is 18.3 Å². The fourth-order valence-corrected chi connectivity index (χ4v) is 4.48. The summed E-state index contributed by atoms with van der Waals surface area (Å²) in [6.07, 6.45) is 6.47. The molecule has 154 valence electrons. The Balaban J connectivity index is 1.40. The van der Waals surface area contributed by atoms with E-state index in [0.29, 0.717) is 12.5 Å². The molecule has 2 atom stereocenters. The average Bonchev–Trinajstić information content (AvgIpc) is 3.33. The fourth-order valence-electron chi connectivity index (χ4n) is 3.76. The van der Waals surface area contributed by atoms with Crippen LogP contribution in [-0.4, -0.2) is 35.0 Å². The molecule has 2 N–H and O–H groups in total. The second-order valence-corrected chi connectivity index (χ2v) is 8.38. The predicted molar refractivity (Wildman–Crippen MR) is 118 cm³/mol. The number of nitrogens with zero attached hydrogens (tertiary/aromatic N) is 3. The number of benzene rings is 1. The summed E-state index contributed by atoms with van der Waals surface area (Å²) in [5.41, 5.74) is 3.52. The van der Waals surface area contributed by atoms with Gasteiger partial charge in [-0.3, -0.25) is 4.40 Å². The number of imidazole rings is 1. The highest BCUT2D eigenvalue weighted by Gasteiger charge is 2.27. The van der Waals surface area contributed by atoms with Crippen molar-refractivity contribution in [3.8, 4) is 0 Å². The summed E-state index contributed by atoms with van der Waals surface area (Å²) in [6.45, 7) is 7.26. The first-order chi connectivity index (χ1) is 14.2. The van der Waals surface area contributed by atoms with Crippen LogP contribution in [0.1, 0.15) is 42.7 Å². The normalized spacial score (nSPS) is 20.1. The van der Waals surface area contributed by atoms with E-state index in [4.69, 9.17) is 9.73 Å². The first-order valence-electron chi connectivity index (χ1n) is 10.3. The van der Waals surface area contributed by atoms with Gasteiger partial charge < -0.3 is 15.4 Å². The van der Waals surface area contributed by atoms with E-state index in [0.717, 1.165) is 49.2 Å². The first kappa shape index (κ1) is 19.9. The molecule has 29 heavy (non-hydrogen) atoms. The molecule has 0 saturated carbocycles. The van der Waals surface area contributed by atoms with Gasteiger partial charge in [0.1, 0.15) is 0 Å². The van der Waals surface area contributed by atoms with Crippen LogP contribution in [-0.2, 0) is 11.3 Å². The number of aromatic nitrogens is 2. The average molecular weight is 412 g/mol. The smallest absolute Gasteiger partial charge is 0.193 e. The quantitative estimate of drug-likeness (QED) is 0.477. The van der Waals surface area contributed by atoms with Crippen molar-refractivity contribution < 1.29 is 4.74 Å². The zero-order chi connectivity index (χ0) is 20.1. The molecule has 3 aromatic rings. The predicted octanol–water partition coefficient (Wildman–Crippen LogP) is 3.93. The third-order valence-corrected chi connectivity index (χ3v) is 6.04. The van der Waals surface area contributed by atoms with E-state index in [1.807, 2.05) is 22.2 Å². The van der Waals surface area contributed by atoms with Crippen molar-refractivity contribution in [3.05, 3.63) is 58.9 Å². The van der Waals surface area contributed by atoms with Gasteiger partial charge in [0.2, 0.25) is 0 Å². The van der Waals surface area contributed by atoms with Crippen molar-refractivity contribution in [2.75, 3.05) is 19.7 Å². The molecule has 3 heterocycles. The molecule has 2 aromatic heterocycles. The zero-order valence-electron chi connectivity index (χ0n) is 17.1. The standard InChI is InChI=1S/C22H29N5OS/c1-3-23-21(25-14-19-15-27-10-12-29-22(27)26-19)24-13-18-5-4-11-28-20(18)17-8-6-16(2)7-9-17/h6-10,12,15,18,20H,3-5,11,13-14H2,1-2H3,(H2,23,24,25). The SMILES string of the molecule is CCNC(=NCc1cn2ccsc2n1)NCC1CCCOC1c1ccc(C)cc1. The Morgan fingerprint density at radius 2 is 2.17 bits per heavy atom. The molecule has 1 aromatic carbocycles.